The summed E-state index contributed by atoms with van der Waals surface area (Å²) in [6, 6.07) is 9.46. The molecular formula is C8H7N7. The summed E-state index contributed by atoms with van der Waals surface area (Å²) in [6.07, 6.45) is 0. The first-order valence-electron chi connectivity index (χ1n) is 4.24. The van der Waals surface area contributed by atoms with E-state index < -0.39 is 0 Å². The molecule has 7 heteroatoms. The predicted octanol–water partition coefficient (Wildman–Crippen LogP) is 1.61. The van der Waals surface area contributed by atoms with Crippen LogP contribution in [0.25, 0.3) is 21.8 Å². The summed E-state index contributed by atoms with van der Waals surface area (Å²) in [7, 11) is 0. The quantitative estimate of drug-likeness (QED) is 0.429. The molecule has 1 aromatic heterocycles. The van der Waals surface area contributed by atoms with Crippen molar-refractivity contribution < 1.29 is 0 Å². The second kappa shape index (κ2) is 4.21. The van der Waals surface area contributed by atoms with Crippen LogP contribution < -0.4 is 0 Å². The lowest BCUT2D eigenvalue weighted by Gasteiger charge is -1.99. The molecule has 0 spiro atoms. The summed E-state index contributed by atoms with van der Waals surface area (Å²) < 4.78 is 1.44. The van der Waals surface area contributed by atoms with Gasteiger partial charge in [0.25, 0.3) is 0 Å². The molecule has 0 radical (unpaired) electrons. The number of benzene rings is 1. The summed E-state index contributed by atoms with van der Waals surface area (Å²) in [4.78, 5) is 2.65. The largest absolute Gasteiger partial charge is 0.219 e. The van der Waals surface area contributed by atoms with Gasteiger partial charge in [0.05, 0.1) is 0 Å². The van der Waals surface area contributed by atoms with E-state index in [4.69, 9.17) is 5.53 Å². The third-order valence-corrected chi connectivity index (χ3v) is 1.82. The van der Waals surface area contributed by atoms with Gasteiger partial charge in [-0.25, -0.2) is 4.68 Å². The fourth-order valence-electron chi connectivity index (χ4n) is 1.18. The average Bonchev–Trinajstić information content (AvgIpc) is 2.75. The smallest absolute Gasteiger partial charge is 0.182 e. The molecule has 2 aromatic rings. The minimum absolute atomic E-state index is 0.0910. The third-order valence-electron chi connectivity index (χ3n) is 1.82. The zero-order valence-corrected chi connectivity index (χ0v) is 7.72. The fraction of sp³-hybridized carbons (Fsp3) is 0.125. The Balaban J connectivity index is 2.37. The first-order chi connectivity index (χ1) is 7.42. The molecule has 15 heavy (non-hydrogen) atoms. The summed E-state index contributed by atoms with van der Waals surface area (Å²) in [5.41, 5.74) is 9.09. The van der Waals surface area contributed by atoms with E-state index in [0.717, 1.165) is 5.56 Å². The lowest BCUT2D eigenvalue weighted by Crippen LogP contribution is -2.00. The molecule has 2 rings (SSSR count). The van der Waals surface area contributed by atoms with Gasteiger partial charge in [0.2, 0.25) is 0 Å². The monoisotopic (exact) mass is 201 g/mol. The Kier molecular flexibility index (Phi) is 2.57. The molecule has 0 fully saturated rings. The molecule has 0 saturated heterocycles. The highest BCUT2D eigenvalue weighted by molar-refractivity contribution is 5.53. The van der Waals surface area contributed by atoms with Crippen molar-refractivity contribution in [2.45, 2.75) is 6.67 Å². The molecule has 0 aliphatic rings. The molecule has 0 saturated carbocycles. The van der Waals surface area contributed by atoms with Crippen LogP contribution in [0.1, 0.15) is 0 Å². The maximum Gasteiger partial charge on any atom is 0.182 e. The highest BCUT2D eigenvalue weighted by Crippen LogP contribution is 2.14. The van der Waals surface area contributed by atoms with E-state index in [-0.39, 0.29) is 6.67 Å². The highest BCUT2D eigenvalue weighted by atomic mass is 15.6. The van der Waals surface area contributed by atoms with Crippen LogP contribution in [0.3, 0.4) is 0 Å². The number of aromatic nitrogens is 4. The van der Waals surface area contributed by atoms with E-state index in [9.17, 15) is 0 Å². The van der Waals surface area contributed by atoms with Crippen molar-refractivity contribution >= 4 is 0 Å². The Labute approximate surface area is 85.0 Å². The molecule has 0 amide bonds. The normalized spacial score (nSPS) is 9.60. The van der Waals surface area contributed by atoms with E-state index in [1.54, 1.807) is 0 Å². The zero-order valence-electron chi connectivity index (χ0n) is 7.72. The van der Waals surface area contributed by atoms with E-state index in [0.29, 0.717) is 5.82 Å². The molecule has 74 valence electrons. The zero-order chi connectivity index (χ0) is 10.5. The SMILES string of the molecule is [N-]=[N+]=NCn1nnnc1-c1ccccc1. The third kappa shape index (κ3) is 1.92. The van der Waals surface area contributed by atoms with Crippen molar-refractivity contribution in [2.75, 3.05) is 0 Å². The standard InChI is InChI=1S/C8H7N7/c9-12-10-6-15-8(11-13-14-15)7-4-2-1-3-5-7/h1-5H,6H2. The summed E-state index contributed by atoms with van der Waals surface area (Å²) in [6.45, 7) is 0.0910. The van der Waals surface area contributed by atoms with Crippen LogP contribution in [0.4, 0.5) is 0 Å². The number of hydrogen-bond donors (Lipinski definition) is 0. The molecule has 0 unspecified atom stereocenters. The molecule has 0 atom stereocenters. The van der Waals surface area contributed by atoms with Crippen molar-refractivity contribution in [3.63, 3.8) is 0 Å². The predicted molar refractivity (Wildman–Crippen MR) is 52.4 cm³/mol. The van der Waals surface area contributed by atoms with Gasteiger partial charge in [-0.1, -0.05) is 35.4 Å². The number of nitrogens with zero attached hydrogens (tertiary/aromatic N) is 7. The van der Waals surface area contributed by atoms with Crippen molar-refractivity contribution in [2.24, 2.45) is 5.11 Å². The minimum atomic E-state index is 0.0910. The molecule has 1 aromatic carbocycles. The first-order valence-corrected chi connectivity index (χ1v) is 4.24. The average molecular weight is 201 g/mol. The Hall–Kier alpha value is -2.40. The van der Waals surface area contributed by atoms with Gasteiger partial charge in [-0.3, -0.25) is 0 Å². The van der Waals surface area contributed by atoms with E-state index in [1.807, 2.05) is 30.3 Å². The van der Waals surface area contributed by atoms with Crippen molar-refractivity contribution in [3.05, 3.63) is 40.8 Å². The molecular weight excluding hydrogens is 194 g/mol. The van der Waals surface area contributed by atoms with Crippen molar-refractivity contribution in [1.29, 1.82) is 0 Å². The van der Waals surface area contributed by atoms with E-state index in [1.165, 1.54) is 4.68 Å². The Bertz CT molecular complexity index is 483. The van der Waals surface area contributed by atoms with E-state index in [2.05, 4.69) is 25.6 Å². The number of tetrazole rings is 1. The van der Waals surface area contributed by atoms with Gasteiger partial charge in [-0.15, -0.1) is 5.10 Å². The van der Waals surface area contributed by atoms with Gasteiger partial charge in [-0.05, 0) is 16.0 Å². The van der Waals surface area contributed by atoms with Crippen molar-refractivity contribution in [1.82, 2.24) is 20.2 Å². The summed E-state index contributed by atoms with van der Waals surface area (Å²) >= 11 is 0. The first kappa shape index (κ1) is 9.17. The minimum Gasteiger partial charge on any atom is -0.219 e. The van der Waals surface area contributed by atoms with Gasteiger partial charge in [0.15, 0.2) is 5.82 Å². The van der Waals surface area contributed by atoms with Crippen LogP contribution in [0.5, 0.6) is 0 Å². The topological polar surface area (TPSA) is 92.4 Å². The lowest BCUT2D eigenvalue weighted by atomic mass is 10.2. The summed E-state index contributed by atoms with van der Waals surface area (Å²) in [5.74, 6) is 0.586. The van der Waals surface area contributed by atoms with Crippen LogP contribution >= 0.6 is 0 Å². The molecule has 0 aliphatic carbocycles. The van der Waals surface area contributed by atoms with Crippen LogP contribution in [0.2, 0.25) is 0 Å². The number of rotatable bonds is 3. The van der Waals surface area contributed by atoms with Gasteiger partial charge in [0.1, 0.15) is 6.67 Å². The Morgan fingerprint density at radius 2 is 2.13 bits per heavy atom. The number of azide groups is 1. The van der Waals surface area contributed by atoms with Gasteiger partial charge >= 0.3 is 0 Å². The van der Waals surface area contributed by atoms with Crippen LogP contribution in [-0.4, -0.2) is 20.2 Å². The van der Waals surface area contributed by atoms with Crippen LogP contribution in [0.15, 0.2) is 35.4 Å². The Morgan fingerprint density at radius 3 is 2.87 bits per heavy atom. The second-order valence-corrected chi connectivity index (χ2v) is 2.74. The fourth-order valence-corrected chi connectivity index (χ4v) is 1.18. The summed E-state index contributed by atoms with van der Waals surface area (Å²) in [5, 5.41) is 14.5. The molecule has 7 nitrogen and oxygen atoms in total. The lowest BCUT2D eigenvalue weighted by molar-refractivity contribution is 0.610. The van der Waals surface area contributed by atoms with E-state index >= 15 is 0 Å². The molecule has 0 N–H and O–H groups in total. The van der Waals surface area contributed by atoms with Gasteiger partial charge in [0, 0.05) is 10.5 Å². The van der Waals surface area contributed by atoms with Crippen molar-refractivity contribution in [3.8, 4) is 11.4 Å². The van der Waals surface area contributed by atoms with Gasteiger partial charge < -0.3 is 0 Å². The molecule has 0 aliphatic heterocycles. The maximum atomic E-state index is 8.20. The van der Waals surface area contributed by atoms with Crippen LogP contribution in [-0.2, 0) is 6.67 Å². The van der Waals surface area contributed by atoms with Gasteiger partial charge in [-0.2, -0.15) is 0 Å². The number of hydrogen-bond acceptors (Lipinski definition) is 4. The molecule has 0 bridgehead atoms. The molecule has 1 heterocycles. The second-order valence-electron chi connectivity index (χ2n) is 2.74. The maximum absolute atomic E-state index is 8.20. The highest BCUT2D eigenvalue weighted by Gasteiger charge is 2.06. The Morgan fingerprint density at radius 1 is 1.33 bits per heavy atom. The van der Waals surface area contributed by atoms with Crippen LogP contribution in [0, 0.1) is 0 Å².